The zero-order valence-electron chi connectivity index (χ0n) is 13.9. The quantitative estimate of drug-likeness (QED) is 0.691. The van der Waals surface area contributed by atoms with Crippen LogP contribution in [0.15, 0.2) is 24.3 Å². The molecular weight excluding hydrogens is 280 g/mol. The lowest BCUT2D eigenvalue weighted by atomic mass is 10.0. The molecule has 0 aliphatic carbocycles. The molecule has 0 aromatic heterocycles. The Kier molecular flexibility index (Phi) is 7.91. The molecule has 1 rings (SSSR count). The molecule has 1 unspecified atom stereocenters. The molecule has 22 heavy (non-hydrogen) atoms. The van der Waals surface area contributed by atoms with Crippen molar-refractivity contribution < 1.29 is 14.6 Å². The molecule has 0 aliphatic heterocycles. The number of benzene rings is 1. The fourth-order valence-corrected chi connectivity index (χ4v) is 1.84. The topological polar surface area (TPSA) is 70.6 Å². The number of anilines is 1. The van der Waals surface area contributed by atoms with Crippen molar-refractivity contribution >= 4 is 11.7 Å². The van der Waals surface area contributed by atoms with E-state index in [-0.39, 0.29) is 18.1 Å². The fourth-order valence-electron chi connectivity index (χ4n) is 1.84. The number of carbonyl (C=O) groups excluding carboxylic acids is 1. The van der Waals surface area contributed by atoms with Gasteiger partial charge in [-0.3, -0.25) is 0 Å². The highest BCUT2D eigenvalue weighted by Crippen LogP contribution is 2.12. The summed E-state index contributed by atoms with van der Waals surface area (Å²) >= 11 is 0. The van der Waals surface area contributed by atoms with Crippen LogP contribution in [0.4, 0.5) is 10.5 Å². The van der Waals surface area contributed by atoms with Crippen molar-refractivity contribution in [2.24, 2.45) is 5.92 Å². The van der Waals surface area contributed by atoms with Crippen LogP contribution in [0.1, 0.15) is 39.7 Å². The number of hydrogen-bond acceptors (Lipinski definition) is 3. The van der Waals surface area contributed by atoms with E-state index in [2.05, 4.69) is 10.6 Å². The zero-order valence-corrected chi connectivity index (χ0v) is 13.9. The Bertz CT molecular complexity index is 461. The van der Waals surface area contributed by atoms with E-state index in [1.54, 1.807) is 0 Å². The third kappa shape index (κ3) is 7.43. The van der Waals surface area contributed by atoms with E-state index in [4.69, 9.17) is 4.74 Å². The number of aliphatic hydroxyl groups excluding tert-OH is 1. The predicted octanol–water partition coefficient (Wildman–Crippen LogP) is 3.14. The van der Waals surface area contributed by atoms with Crippen molar-refractivity contribution in [1.82, 2.24) is 5.32 Å². The Morgan fingerprint density at radius 3 is 2.64 bits per heavy atom. The summed E-state index contributed by atoms with van der Waals surface area (Å²) in [5, 5.41) is 15.2. The highest BCUT2D eigenvalue weighted by atomic mass is 16.5. The normalized spacial score (nSPS) is 12.5. The summed E-state index contributed by atoms with van der Waals surface area (Å²) < 4.78 is 5.55. The molecule has 1 aromatic carbocycles. The van der Waals surface area contributed by atoms with E-state index in [9.17, 15) is 9.90 Å². The maximum absolute atomic E-state index is 11.8. The van der Waals surface area contributed by atoms with Gasteiger partial charge in [-0.15, -0.1) is 0 Å². The van der Waals surface area contributed by atoms with E-state index in [1.165, 1.54) is 0 Å². The van der Waals surface area contributed by atoms with Crippen molar-refractivity contribution in [1.29, 1.82) is 0 Å². The van der Waals surface area contributed by atoms with E-state index >= 15 is 0 Å². The number of rotatable bonds is 8. The van der Waals surface area contributed by atoms with E-state index in [0.717, 1.165) is 11.3 Å². The molecule has 5 nitrogen and oxygen atoms in total. The minimum absolute atomic E-state index is 0.173. The molecule has 3 N–H and O–H groups in total. The molecule has 0 saturated heterocycles. The van der Waals surface area contributed by atoms with Crippen LogP contribution in [0.25, 0.3) is 0 Å². The molecule has 1 aromatic rings. The van der Waals surface area contributed by atoms with Crippen molar-refractivity contribution in [2.45, 2.75) is 52.9 Å². The number of carbonyl (C=O) groups is 1. The van der Waals surface area contributed by atoms with Crippen LogP contribution in [0.3, 0.4) is 0 Å². The minimum Gasteiger partial charge on any atom is -0.393 e. The molecule has 5 heteroatoms. The van der Waals surface area contributed by atoms with Crippen LogP contribution < -0.4 is 10.6 Å². The summed E-state index contributed by atoms with van der Waals surface area (Å²) in [6, 6.07) is 7.31. The van der Waals surface area contributed by atoms with Crippen molar-refractivity contribution in [2.75, 3.05) is 11.9 Å². The molecule has 0 bridgehead atoms. The van der Waals surface area contributed by atoms with Crippen molar-refractivity contribution in [3.63, 3.8) is 0 Å². The van der Waals surface area contributed by atoms with E-state index in [0.29, 0.717) is 19.6 Å². The Morgan fingerprint density at radius 1 is 1.27 bits per heavy atom. The molecule has 2 amide bonds. The number of amides is 2. The zero-order chi connectivity index (χ0) is 16.5. The first-order valence-electron chi connectivity index (χ1n) is 7.82. The van der Waals surface area contributed by atoms with Gasteiger partial charge in [0.15, 0.2) is 0 Å². The molecule has 0 aliphatic rings. The summed E-state index contributed by atoms with van der Waals surface area (Å²) in [6.45, 7) is 8.85. The smallest absolute Gasteiger partial charge is 0.319 e. The Balaban J connectivity index is 2.39. The lowest BCUT2D eigenvalue weighted by molar-refractivity contribution is 0.0657. The summed E-state index contributed by atoms with van der Waals surface area (Å²) in [5.41, 5.74) is 1.74. The van der Waals surface area contributed by atoms with Crippen LogP contribution in [0.5, 0.6) is 0 Å². The van der Waals surface area contributed by atoms with E-state index < -0.39 is 6.10 Å². The average molecular weight is 308 g/mol. The lowest BCUT2D eigenvalue weighted by Gasteiger charge is -2.15. The molecule has 0 radical (unpaired) electrons. The van der Waals surface area contributed by atoms with Crippen LogP contribution in [0, 0.1) is 5.92 Å². The van der Waals surface area contributed by atoms with Gasteiger partial charge in [-0.2, -0.15) is 0 Å². The molecule has 0 spiro atoms. The van der Waals surface area contributed by atoms with Crippen molar-refractivity contribution in [3.05, 3.63) is 29.8 Å². The van der Waals surface area contributed by atoms with Gasteiger partial charge in [0.25, 0.3) is 0 Å². The van der Waals surface area contributed by atoms with Gasteiger partial charge in [0.2, 0.25) is 0 Å². The number of aliphatic hydroxyl groups is 1. The highest BCUT2D eigenvalue weighted by molar-refractivity contribution is 5.89. The second-order valence-electron chi connectivity index (χ2n) is 6.04. The molecule has 0 saturated carbocycles. The van der Waals surface area contributed by atoms with Gasteiger partial charge in [0, 0.05) is 12.2 Å². The number of nitrogens with one attached hydrogen (secondary N) is 2. The van der Waals surface area contributed by atoms with E-state index in [1.807, 2.05) is 52.0 Å². The monoisotopic (exact) mass is 308 g/mol. The summed E-state index contributed by atoms with van der Waals surface area (Å²) in [4.78, 5) is 11.8. The Labute approximate surface area is 133 Å². The largest absolute Gasteiger partial charge is 0.393 e. The number of urea groups is 1. The van der Waals surface area contributed by atoms with Crippen LogP contribution >= 0.6 is 0 Å². The number of ether oxygens (including phenoxy) is 1. The maximum atomic E-state index is 11.8. The lowest BCUT2D eigenvalue weighted by Crippen LogP contribution is -2.32. The summed E-state index contributed by atoms with van der Waals surface area (Å²) in [7, 11) is 0. The SMILES string of the molecule is CC(C)OCc1cccc(NC(=O)NCCC(O)C(C)C)c1. The molecule has 0 fully saturated rings. The van der Waals surface area contributed by atoms with Gasteiger partial charge < -0.3 is 20.5 Å². The van der Waals surface area contributed by atoms with Crippen LogP contribution in [-0.2, 0) is 11.3 Å². The van der Waals surface area contributed by atoms with Crippen molar-refractivity contribution in [3.8, 4) is 0 Å². The average Bonchev–Trinajstić information content (AvgIpc) is 2.45. The first kappa shape index (κ1) is 18.5. The van der Waals surface area contributed by atoms with Gasteiger partial charge in [-0.25, -0.2) is 4.79 Å². The standard InChI is InChI=1S/C17H28N2O3/c1-12(2)16(20)8-9-18-17(21)19-15-7-5-6-14(10-15)11-22-13(3)4/h5-7,10,12-13,16,20H,8-9,11H2,1-4H3,(H2,18,19,21). The Morgan fingerprint density at radius 2 is 2.00 bits per heavy atom. The third-order valence-corrected chi connectivity index (χ3v) is 3.26. The first-order chi connectivity index (χ1) is 10.4. The number of hydrogen-bond donors (Lipinski definition) is 3. The van der Waals surface area contributed by atoms with Gasteiger partial charge in [-0.05, 0) is 43.9 Å². The minimum atomic E-state index is -0.392. The molecule has 0 heterocycles. The maximum Gasteiger partial charge on any atom is 0.319 e. The van der Waals surface area contributed by atoms with Gasteiger partial charge in [0.05, 0.1) is 18.8 Å². The molecular formula is C17H28N2O3. The molecule has 124 valence electrons. The van der Waals surface area contributed by atoms with Gasteiger partial charge >= 0.3 is 6.03 Å². The van der Waals surface area contributed by atoms with Crippen LogP contribution in [-0.4, -0.2) is 29.9 Å². The Hall–Kier alpha value is -1.59. The summed E-state index contributed by atoms with van der Waals surface area (Å²) in [6.07, 6.45) is 0.331. The van der Waals surface area contributed by atoms with Gasteiger partial charge in [-0.1, -0.05) is 26.0 Å². The van der Waals surface area contributed by atoms with Gasteiger partial charge in [0.1, 0.15) is 0 Å². The second-order valence-corrected chi connectivity index (χ2v) is 6.04. The summed E-state index contributed by atoms with van der Waals surface area (Å²) in [5.74, 6) is 0.197. The van der Waals surface area contributed by atoms with Crippen LogP contribution in [0.2, 0.25) is 0 Å². The third-order valence-electron chi connectivity index (χ3n) is 3.26. The highest BCUT2D eigenvalue weighted by Gasteiger charge is 2.09. The fraction of sp³-hybridized carbons (Fsp3) is 0.588. The first-order valence-corrected chi connectivity index (χ1v) is 7.82. The second kappa shape index (κ2) is 9.43. The predicted molar refractivity (Wildman–Crippen MR) is 88.9 cm³/mol. The molecule has 1 atom stereocenters.